The minimum Gasteiger partial charge on any atom is -0.461 e. The fourth-order valence-corrected chi connectivity index (χ4v) is 2.38. The van der Waals surface area contributed by atoms with Gasteiger partial charge in [-0.3, -0.25) is 4.79 Å². The fraction of sp³-hybridized carbons (Fsp3) is 0.769. The first-order chi connectivity index (χ1) is 6.68. The fourth-order valence-electron chi connectivity index (χ4n) is 2.38. The van der Waals surface area contributed by atoms with Crippen LogP contribution >= 0.6 is 0 Å². The maximum Gasteiger partial charge on any atom is 0.302 e. The van der Waals surface area contributed by atoms with Gasteiger partial charge in [0.1, 0.15) is 6.61 Å². The van der Waals surface area contributed by atoms with E-state index in [2.05, 4.69) is 40.7 Å². The molecule has 0 bridgehead atoms. The van der Waals surface area contributed by atoms with Crippen molar-refractivity contribution in [2.75, 3.05) is 6.61 Å². The highest BCUT2D eigenvalue weighted by Crippen LogP contribution is 2.52. The largest absolute Gasteiger partial charge is 0.461 e. The van der Waals surface area contributed by atoms with Crippen LogP contribution in [0.15, 0.2) is 11.6 Å². The van der Waals surface area contributed by atoms with Crippen molar-refractivity contribution in [2.24, 2.45) is 16.7 Å². The highest BCUT2D eigenvalue weighted by molar-refractivity contribution is 5.66. The summed E-state index contributed by atoms with van der Waals surface area (Å²) in [6, 6.07) is 0. The molecule has 0 radical (unpaired) electrons. The first kappa shape index (κ1) is 12.3. The van der Waals surface area contributed by atoms with E-state index in [0.717, 1.165) is 0 Å². The summed E-state index contributed by atoms with van der Waals surface area (Å²) in [6.07, 6.45) is 2.26. The Hall–Kier alpha value is -0.790. The number of esters is 1. The second-order valence-corrected chi connectivity index (χ2v) is 5.71. The molecular formula is C13H22O2. The molecule has 1 unspecified atom stereocenters. The average Bonchev–Trinajstić information content (AvgIpc) is 2.23. The van der Waals surface area contributed by atoms with E-state index in [0.29, 0.717) is 12.5 Å². The maximum absolute atomic E-state index is 10.8. The molecule has 0 N–H and O–H groups in total. The Morgan fingerprint density at radius 1 is 1.40 bits per heavy atom. The molecule has 1 rings (SSSR count). The molecule has 1 aliphatic carbocycles. The Kier molecular flexibility index (Phi) is 2.99. The second-order valence-electron chi connectivity index (χ2n) is 5.71. The average molecular weight is 210 g/mol. The van der Waals surface area contributed by atoms with Gasteiger partial charge in [0.2, 0.25) is 0 Å². The maximum atomic E-state index is 10.8. The lowest BCUT2D eigenvalue weighted by atomic mass is 9.71. The van der Waals surface area contributed by atoms with Crippen LogP contribution < -0.4 is 0 Å². The van der Waals surface area contributed by atoms with Gasteiger partial charge in [-0.1, -0.05) is 40.7 Å². The molecule has 0 saturated carbocycles. The third kappa shape index (κ3) is 2.24. The van der Waals surface area contributed by atoms with E-state index in [1.165, 1.54) is 12.5 Å². The van der Waals surface area contributed by atoms with Crippen molar-refractivity contribution in [1.82, 2.24) is 0 Å². The topological polar surface area (TPSA) is 26.3 Å². The van der Waals surface area contributed by atoms with Crippen LogP contribution in [-0.4, -0.2) is 12.6 Å². The van der Waals surface area contributed by atoms with Crippen molar-refractivity contribution in [2.45, 2.75) is 41.5 Å². The summed E-state index contributed by atoms with van der Waals surface area (Å²) in [5.41, 5.74) is 1.56. The Labute approximate surface area is 92.7 Å². The molecule has 15 heavy (non-hydrogen) atoms. The van der Waals surface area contributed by atoms with Gasteiger partial charge in [0.15, 0.2) is 0 Å². The number of rotatable bonds is 2. The molecule has 0 amide bonds. The first-order valence-corrected chi connectivity index (χ1v) is 5.53. The smallest absolute Gasteiger partial charge is 0.302 e. The van der Waals surface area contributed by atoms with E-state index in [-0.39, 0.29) is 16.8 Å². The molecule has 0 spiro atoms. The summed E-state index contributed by atoms with van der Waals surface area (Å²) in [5.74, 6) is 0.361. The van der Waals surface area contributed by atoms with Crippen LogP contribution in [0.5, 0.6) is 0 Å². The van der Waals surface area contributed by atoms with Crippen LogP contribution in [0.4, 0.5) is 0 Å². The third-order valence-corrected chi connectivity index (χ3v) is 4.00. The third-order valence-electron chi connectivity index (χ3n) is 4.00. The van der Waals surface area contributed by atoms with E-state index in [4.69, 9.17) is 4.74 Å². The van der Waals surface area contributed by atoms with Gasteiger partial charge >= 0.3 is 5.97 Å². The zero-order valence-electron chi connectivity index (χ0n) is 10.7. The van der Waals surface area contributed by atoms with Crippen molar-refractivity contribution in [3.63, 3.8) is 0 Å². The van der Waals surface area contributed by atoms with Gasteiger partial charge in [-0.25, -0.2) is 0 Å². The molecule has 0 saturated heterocycles. The van der Waals surface area contributed by atoms with Crippen LogP contribution in [0.3, 0.4) is 0 Å². The van der Waals surface area contributed by atoms with Crippen molar-refractivity contribution in [3.8, 4) is 0 Å². The summed E-state index contributed by atoms with van der Waals surface area (Å²) in [6.45, 7) is 13.1. The number of ether oxygens (including phenoxy) is 1. The van der Waals surface area contributed by atoms with Crippen molar-refractivity contribution in [1.29, 1.82) is 0 Å². The highest BCUT2D eigenvalue weighted by Gasteiger charge is 2.44. The van der Waals surface area contributed by atoms with Gasteiger partial charge in [0.05, 0.1) is 0 Å². The molecule has 1 atom stereocenters. The van der Waals surface area contributed by atoms with E-state index in [1.54, 1.807) is 0 Å². The van der Waals surface area contributed by atoms with Crippen LogP contribution in [0.25, 0.3) is 0 Å². The lowest BCUT2D eigenvalue weighted by Gasteiger charge is -2.34. The quantitative estimate of drug-likeness (QED) is 0.517. The molecule has 0 heterocycles. The number of allylic oxidation sites excluding steroid dienone is 1. The Morgan fingerprint density at radius 3 is 2.27 bits per heavy atom. The summed E-state index contributed by atoms with van der Waals surface area (Å²) in [5, 5.41) is 0. The SMILES string of the molecule is CC(=O)OCC1=CC(C)(C)C(C)C1(C)C. The molecule has 0 aromatic rings. The summed E-state index contributed by atoms with van der Waals surface area (Å²) in [4.78, 5) is 10.8. The summed E-state index contributed by atoms with van der Waals surface area (Å²) < 4.78 is 5.10. The first-order valence-electron chi connectivity index (χ1n) is 5.53. The second kappa shape index (κ2) is 3.66. The Balaban J connectivity index is 2.84. The van der Waals surface area contributed by atoms with Gasteiger partial charge in [-0.15, -0.1) is 0 Å². The van der Waals surface area contributed by atoms with E-state index < -0.39 is 0 Å². The lowest BCUT2D eigenvalue weighted by molar-refractivity contribution is -0.140. The number of carbonyl (C=O) groups excluding carboxylic acids is 1. The van der Waals surface area contributed by atoms with Crippen LogP contribution in [0.1, 0.15) is 41.5 Å². The van der Waals surface area contributed by atoms with E-state index in [9.17, 15) is 4.79 Å². The van der Waals surface area contributed by atoms with Gasteiger partial charge in [-0.05, 0) is 22.3 Å². The number of carbonyl (C=O) groups is 1. The molecule has 2 heteroatoms. The molecule has 2 nitrogen and oxygen atoms in total. The van der Waals surface area contributed by atoms with Crippen LogP contribution in [-0.2, 0) is 9.53 Å². The summed E-state index contributed by atoms with van der Waals surface area (Å²) in [7, 11) is 0. The normalized spacial score (nSPS) is 27.3. The predicted molar refractivity (Wildman–Crippen MR) is 61.4 cm³/mol. The molecule has 0 aromatic carbocycles. The highest BCUT2D eigenvalue weighted by atomic mass is 16.5. The Morgan fingerprint density at radius 2 is 1.93 bits per heavy atom. The lowest BCUT2D eigenvalue weighted by Crippen LogP contribution is -2.28. The molecule has 1 aliphatic rings. The van der Waals surface area contributed by atoms with Gasteiger partial charge in [-0.2, -0.15) is 0 Å². The number of hydrogen-bond donors (Lipinski definition) is 0. The van der Waals surface area contributed by atoms with Gasteiger partial charge < -0.3 is 4.74 Å². The summed E-state index contributed by atoms with van der Waals surface area (Å²) >= 11 is 0. The minimum atomic E-state index is -0.205. The van der Waals surface area contributed by atoms with Crippen LogP contribution in [0.2, 0.25) is 0 Å². The Bertz CT molecular complexity index is 298. The molecule has 0 aromatic heterocycles. The zero-order chi connectivity index (χ0) is 11.9. The van der Waals surface area contributed by atoms with Crippen LogP contribution in [0, 0.1) is 16.7 Å². The number of hydrogen-bond acceptors (Lipinski definition) is 2. The van der Waals surface area contributed by atoms with E-state index in [1.807, 2.05) is 0 Å². The van der Waals surface area contributed by atoms with Crippen molar-refractivity contribution in [3.05, 3.63) is 11.6 Å². The monoisotopic (exact) mass is 210 g/mol. The van der Waals surface area contributed by atoms with Crippen molar-refractivity contribution >= 4 is 5.97 Å². The standard InChI is InChI=1S/C13H22O2/c1-9-12(3,4)7-11(13(9,5)6)8-15-10(2)14/h7,9H,8H2,1-6H3. The van der Waals surface area contributed by atoms with Gasteiger partial charge in [0.25, 0.3) is 0 Å². The molecular weight excluding hydrogens is 188 g/mol. The van der Waals surface area contributed by atoms with Crippen molar-refractivity contribution < 1.29 is 9.53 Å². The predicted octanol–water partition coefficient (Wildman–Crippen LogP) is 3.18. The molecule has 86 valence electrons. The van der Waals surface area contributed by atoms with E-state index >= 15 is 0 Å². The van der Waals surface area contributed by atoms with Gasteiger partial charge in [0, 0.05) is 6.92 Å². The molecule has 0 aliphatic heterocycles. The zero-order valence-corrected chi connectivity index (χ0v) is 10.7. The molecule has 0 fully saturated rings. The minimum absolute atomic E-state index is 0.124.